The molecule has 0 unspecified atom stereocenters. The average Bonchev–Trinajstić information content (AvgIpc) is 2.85. The van der Waals surface area contributed by atoms with Crippen LogP contribution in [0, 0.1) is 5.92 Å². The van der Waals surface area contributed by atoms with E-state index < -0.39 is 0 Å². The number of nitrogens with one attached hydrogen (secondary N) is 1. The number of rotatable bonds is 1. The van der Waals surface area contributed by atoms with Gasteiger partial charge < -0.3 is 10.4 Å². The number of hydrogen-bond donors (Lipinski definition) is 2. The van der Waals surface area contributed by atoms with Gasteiger partial charge in [0, 0.05) is 36.7 Å². The second kappa shape index (κ2) is 4.09. The Balaban J connectivity index is 1.88. The molecule has 0 saturated carbocycles. The summed E-state index contributed by atoms with van der Waals surface area (Å²) < 4.78 is 0. The van der Waals surface area contributed by atoms with Crippen molar-refractivity contribution in [2.75, 3.05) is 32.1 Å². The first-order valence-corrected chi connectivity index (χ1v) is 7.18. The maximum atomic E-state index is 9.48. The van der Waals surface area contributed by atoms with Gasteiger partial charge in [-0.2, -0.15) is 0 Å². The van der Waals surface area contributed by atoms with Gasteiger partial charge in [-0.1, -0.05) is 18.2 Å². The SMILES string of the molecule is CN1C[C@H](CO)C=C2c3cccc4c3[C@@H](CN4)C[C@H]21. The van der Waals surface area contributed by atoms with E-state index in [1.54, 1.807) is 0 Å². The van der Waals surface area contributed by atoms with Crippen LogP contribution >= 0.6 is 0 Å². The molecule has 3 aliphatic rings. The summed E-state index contributed by atoms with van der Waals surface area (Å²) in [6, 6.07) is 7.12. The average molecular weight is 256 g/mol. The van der Waals surface area contributed by atoms with Crippen LogP contribution in [0.3, 0.4) is 0 Å². The first-order chi connectivity index (χ1) is 9.28. The monoisotopic (exact) mass is 256 g/mol. The molecule has 0 radical (unpaired) electrons. The summed E-state index contributed by atoms with van der Waals surface area (Å²) in [5.74, 6) is 0.930. The highest BCUT2D eigenvalue weighted by molar-refractivity contribution is 5.81. The molecule has 0 bridgehead atoms. The lowest BCUT2D eigenvalue weighted by molar-refractivity contribution is 0.174. The molecule has 0 amide bonds. The Morgan fingerprint density at radius 3 is 3.16 bits per heavy atom. The molecule has 0 fully saturated rings. The number of aliphatic hydroxyl groups excluding tert-OH is 1. The highest BCUT2D eigenvalue weighted by atomic mass is 16.3. The van der Waals surface area contributed by atoms with Crippen LogP contribution in [0.2, 0.25) is 0 Å². The van der Waals surface area contributed by atoms with Gasteiger partial charge in [-0.3, -0.25) is 4.90 Å². The summed E-state index contributed by atoms with van der Waals surface area (Å²) in [6.45, 7) is 2.30. The van der Waals surface area contributed by atoms with Crippen molar-refractivity contribution in [3.8, 4) is 0 Å². The van der Waals surface area contributed by atoms with E-state index in [0.717, 1.165) is 13.1 Å². The van der Waals surface area contributed by atoms with Gasteiger partial charge in [0.2, 0.25) is 0 Å². The maximum absolute atomic E-state index is 9.48. The third kappa shape index (κ3) is 1.58. The zero-order valence-corrected chi connectivity index (χ0v) is 11.3. The summed E-state index contributed by atoms with van der Waals surface area (Å²) in [5.41, 5.74) is 5.67. The summed E-state index contributed by atoms with van der Waals surface area (Å²) in [7, 11) is 2.19. The molecule has 100 valence electrons. The van der Waals surface area contributed by atoms with Gasteiger partial charge in [-0.15, -0.1) is 0 Å². The van der Waals surface area contributed by atoms with Crippen molar-refractivity contribution in [3.05, 3.63) is 35.4 Å². The second-order valence-corrected chi connectivity index (χ2v) is 6.10. The predicted molar refractivity (Wildman–Crippen MR) is 77.3 cm³/mol. The number of aliphatic hydroxyl groups is 1. The molecular weight excluding hydrogens is 236 g/mol. The number of benzene rings is 1. The first-order valence-electron chi connectivity index (χ1n) is 7.18. The lowest BCUT2D eigenvalue weighted by Gasteiger charge is -2.42. The standard InChI is InChI=1S/C16H20N2O/c1-18-8-10(9-19)5-13-12-3-2-4-14-16(12)11(7-17-14)6-15(13)18/h2-5,10-11,15,17,19H,6-9H2,1H3/t10-,11-,15-/m1/s1. The predicted octanol–water partition coefficient (Wildman–Crippen LogP) is 1.91. The Morgan fingerprint density at radius 1 is 1.42 bits per heavy atom. The van der Waals surface area contributed by atoms with E-state index in [4.69, 9.17) is 0 Å². The van der Waals surface area contributed by atoms with Gasteiger partial charge in [0.1, 0.15) is 0 Å². The van der Waals surface area contributed by atoms with Crippen molar-refractivity contribution in [1.82, 2.24) is 4.90 Å². The lowest BCUT2D eigenvalue weighted by atomic mass is 9.75. The number of nitrogens with zero attached hydrogens (tertiary/aromatic N) is 1. The van der Waals surface area contributed by atoms with E-state index >= 15 is 0 Å². The van der Waals surface area contributed by atoms with Crippen LogP contribution in [-0.2, 0) is 0 Å². The molecule has 0 saturated heterocycles. The first kappa shape index (κ1) is 11.5. The highest BCUT2D eigenvalue weighted by Crippen LogP contribution is 2.48. The van der Waals surface area contributed by atoms with E-state index in [2.05, 4.69) is 41.5 Å². The fraction of sp³-hybridized carbons (Fsp3) is 0.500. The van der Waals surface area contributed by atoms with E-state index in [9.17, 15) is 5.11 Å². The number of likely N-dealkylation sites (N-methyl/N-ethyl adjacent to an activating group) is 1. The summed E-state index contributed by atoms with van der Waals surface area (Å²) in [6.07, 6.45) is 3.52. The van der Waals surface area contributed by atoms with Crippen molar-refractivity contribution in [1.29, 1.82) is 0 Å². The van der Waals surface area contributed by atoms with E-state index in [0.29, 0.717) is 12.0 Å². The quantitative estimate of drug-likeness (QED) is 0.805. The van der Waals surface area contributed by atoms with E-state index in [1.165, 1.54) is 28.8 Å². The number of fused-ring (bicyclic) bond motifs is 2. The molecule has 19 heavy (non-hydrogen) atoms. The molecule has 0 spiro atoms. The van der Waals surface area contributed by atoms with Crippen molar-refractivity contribution in [3.63, 3.8) is 0 Å². The van der Waals surface area contributed by atoms with Gasteiger partial charge >= 0.3 is 0 Å². The number of hydrogen-bond acceptors (Lipinski definition) is 3. The Bertz CT molecular complexity index is 552. The fourth-order valence-electron chi connectivity index (χ4n) is 4.06. The normalized spacial score (nSPS) is 32.3. The fourth-order valence-corrected chi connectivity index (χ4v) is 4.06. The lowest BCUT2D eigenvalue weighted by Crippen LogP contribution is -2.43. The van der Waals surface area contributed by atoms with Crippen LogP contribution in [0.4, 0.5) is 5.69 Å². The highest BCUT2D eigenvalue weighted by Gasteiger charge is 2.39. The molecular formula is C16H20N2O. The van der Waals surface area contributed by atoms with Gasteiger partial charge in [-0.25, -0.2) is 0 Å². The van der Waals surface area contributed by atoms with Crippen LogP contribution in [-0.4, -0.2) is 42.8 Å². The molecule has 3 atom stereocenters. The van der Waals surface area contributed by atoms with Crippen LogP contribution in [0.1, 0.15) is 23.5 Å². The Morgan fingerprint density at radius 2 is 2.32 bits per heavy atom. The summed E-state index contributed by atoms with van der Waals surface area (Å²) >= 11 is 0. The minimum Gasteiger partial charge on any atom is -0.396 e. The van der Waals surface area contributed by atoms with Gasteiger partial charge in [0.25, 0.3) is 0 Å². The Labute approximate surface area is 113 Å². The van der Waals surface area contributed by atoms with Crippen molar-refractivity contribution >= 4 is 11.3 Å². The maximum Gasteiger partial charge on any atom is 0.0506 e. The van der Waals surface area contributed by atoms with E-state index in [-0.39, 0.29) is 12.5 Å². The summed E-state index contributed by atoms with van der Waals surface area (Å²) in [4.78, 5) is 2.42. The molecule has 1 aliphatic carbocycles. The van der Waals surface area contributed by atoms with Crippen LogP contribution in [0.15, 0.2) is 24.3 Å². The number of anilines is 1. The topological polar surface area (TPSA) is 35.5 Å². The molecule has 1 aromatic carbocycles. The van der Waals surface area contributed by atoms with Crippen molar-refractivity contribution in [2.45, 2.75) is 18.4 Å². The Kier molecular flexibility index (Phi) is 2.47. The Hall–Kier alpha value is -1.32. The zero-order valence-electron chi connectivity index (χ0n) is 11.3. The zero-order chi connectivity index (χ0) is 13.0. The largest absolute Gasteiger partial charge is 0.396 e. The third-order valence-corrected chi connectivity index (χ3v) is 4.94. The minimum atomic E-state index is 0.247. The van der Waals surface area contributed by atoms with Crippen LogP contribution in [0.5, 0.6) is 0 Å². The van der Waals surface area contributed by atoms with Gasteiger partial charge in [-0.05, 0) is 36.2 Å². The molecule has 1 aromatic rings. The van der Waals surface area contributed by atoms with E-state index in [1.807, 2.05) is 0 Å². The smallest absolute Gasteiger partial charge is 0.0506 e. The minimum absolute atomic E-state index is 0.247. The third-order valence-electron chi connectivity index (χ3n) is 4.94. The van der Waals surface area contributed by atoms with Crippen LogP contribution < -0.4 is 5.32 Å². The molecule has 0 aromatic heterocycles. The molecule has 3 nitrogen and oxygen atoms in total. The molecule has 2 heterocycles. The van der Waals surface area contributed by atoms with Gasteiger partial charge in [0.05, 0.1) is 6.61 Å². The summed E-state index contributed by atoms with van der Waals surface area (Å²) in [5, 5.41) is 13.0. The molecule has 4 rings (SSSR count). The van der Waals surface area contributed by atoms with Gasteiger partial charge in [0.15, 0.2) is 0 Å². The molecule has 2 N–H and O–H groups in total. The molecule has 2 aliphatic heterocycles. The second-order valence-electron chi connectivity index (χ2n) is 6.10. The van der Waals surface area contributed by atoms with Crippen molar-refractivity contribution in [2.24, 2.45) is 5.92 Å². The van der Waals surface area contributed by atoms with Crippen molar-refractivity contribution < 1.29 is 5.11 Å². The van der Waals surface area contributed by atoms with Crippen LogP contribution in [0.25, 0.3) is 5.57 Å². The molecule has 3 heteroatoms.